The fourth-order valence-electron chi connectivity index (χ4n) is 2.61. The van der Waals surface area contributed by atoms with Crippen molar-refractivity contribution in [2.75, 3.05) is 11.5 Å². The minimum absolute atomic E-state index is 0.0295. The van der Waals surface area contributed by atoms with Crippen molar-refractivity contribution in [3.05, 3.63) is 65.7 Å². The molecule has 1 unspecified atom stereocenters. The predicted molar refractivity (Wildman–Crippen MR) is 91.7 cm³/mol. The van der Waals surface area contributed by atoms with Crippen molar-refractivity contribution >= 4 is 15.7 Å². The number of nitrogens with one attached hydrogen (secondary N) is 1. The zero-order valence-corrected chi connectivity index (χ0v) is 14.0. The van der Waals surface area contributed by atoms with Gasteiger partial charge in [-0.05, 0) is 36.2 Å². The van der Waals surface area contributed by atoms with Gasteiger partial charge in [-0.15, -0.1) is 0 Å². The van der Waals surface area contributed by atoms with Gasteiger partial charge >= 0.3 is 0 Å². The summed E-state index contributed by atoms with van der Waals surface area (Å²) in [6.45, 7) is 0.423. The molecule has 1 heterocycles. The van der Waals surface area contributed by atoms with Gasteiger partial charge in [-0.1, -0.05) is 30.3 Å². The lowest BCUT2D eigenvalue weighted by atomic mass is 10.1. The molecule has 1 saturated heterocycles. The Bertz CT molecular complexity index is 801. The van der Waals surface area contributed by atoms with E-state index < -0.39 is 9.84 Å². The highest BCUT2D eigenvalue weighted by Gasteiger charge is 2.29. The summed E-state index contributed by atoms with van der Waals surface area (Å²) in [5, 5.41) is 2.78. The molecule has 3 rings (SSSR count). The molecular formula is C18H19NO4S. The number of para-hydroxylation sites is 1. The minimum Gasteiger partial charge on any atom is -0.489 e. The molecule has 2 aromatic rings. The molecule has 2 aromatic carbocycles. The maximum absolute atomic E-state index is 12.2. The number of hydrogen-bond donors (Lipinski definition) is 1. The highest BCUT2D eigenvalue weighted by molar-refractivity contribution is 7.91. The van der Waals surface area contributed by atoms with Crippen LogP contribution in [0.5, 0.6) is 5.75 Å². The molecule has 0 aliphatic carbocycles. The van der Waals surface area contributed by atoms with Crippen LogP contribution in [0, 0.1) is 0 Å². The van der Waals surface area contributed by atoms with E-state index >= 15 is 0 Å². The van der Waals surface area contributed by atoms with Crippen LogP contribution in [-0.2, 0) is 16.4 Å². The van der Waals surface area contributed by atoms with Crippen molar-refractivity contribution < 1.29 is 17.9 Å². The van der Waals surface area contributed by atoms with Gasteiger partial charge in [-0.25, -0.2) is 8.42 Å². The summed E-state index contributed by atoms with van der Waals surface area (Å²) in [5.41, 5.74) is 1.47. The van der Waals surface area contributed by atoms with Gasteiger partial charge in [0, 0.05) is 11.6 Å². The molecule has 24 heavy (non-hydrogen) atoms. The Balaban J connectivity index is 1.55. The topological polar surface area (TPSA) is 72.5 Å². The molecule has 1 N–H and O–H groups in total. The standard InChI is InChI=1S/C18H19NO4S/c20-18(19-16-10-11-24(21,22)13-16)15-8-6-14(7-9-15)12-23-17-4-2-1-3-5-17/h1-9,16H,10-13H2,(H,19,20). The molecule has 1 amide bonds. The van der Waals surface area contributed by atoms with Gasteiger partial charge in [0.2, 0.25) is 0 Å². The smallest absolute Gasteiger partial charge is 0.251 e. The Labute approximate surface area is 141 Å². The van der Waals surface area contributed by atoms with Crippen LogP contribution in [-0.4, -0.2) is 31.9 Å². The van der Waals surface area contributed by atoms with Gasteiger partial charge < -0.3 is 10.1 Å². The number of sulfone groups is 1. The van der Waals surface area contributed by atoms with Gasteiger partial charge in [0.25, 0.3) is 5.91 Å². The van der Waals surface area contributed by atoms with Crippen LogP contribution in [0.2, 0.25) is 0 Å². The Morgan fingerprint density at radius 3 is 2.42 bits per heavy atom. The molecule has 0 spiro atoms. The molecule has 0 bridgehead atoms. The Kier molecular flexibility index (Phi) is 4.85. The van der Waals surface area contributed by atoms with Crippen molar-refractivity contribution in [1.82, 2.24) is 5.32 Å². The normalized spacial score (nSPS) is 18.9. The average molecular weight is 345 g/mol. The second-order valence-corrected chi connectivity index (χ2v) is 8.10. The van der Waals surface area contributed by atoms with Gasteiger partial charge in [-0.2, -0.15) is 0 Å². The summed E-state index contributed by atoms with van der Waals surface area (Å²) in [7, 11) is -2.99. The van der Waals surface area contributed by atoms with Gasteiger partial charge in [0.15, 0.2) is 9.84 Å². The summed E-state index contributed by atoms with van der Waals surface area (Å²) in [4.78, 5) is 12.2. The highest BCUT2D eigenvalue weighted by atomic mass is 32.2. The lowest BCUT2D eigenvalue weighted by Crippen LogP contribution is -2.35. The van der Waals surface area contributed by atoms with E-state index in [2.05, 4.69) is 5.32 Å². The Morgan fingerprint density at radius 2 is 1.79 bits per heavy atom. The Morgan fingerprint density at radius 1 is 1.08 bits per heavy atom. The number of rotatable bonds is 5. The van der Waals surface area contributed by atoms with E-state index in [1.165, 1.54) is 0 Å². The number of amides is 1. The van der Waals surface area contributed by atoms with Crippen LogP contribution < -0.4 is 10.1 Å². The number of carbonyl (C=O) groups is 1. The first kappa shape index (κ1) is 16.5. The van der Waals surface area contributed by atoms with Gasteiger partial charge in [0.05, 0.1) is 11.5 Å². The first-order chi connectivity index (χ1) is 11.5. The molecule has 1 aliphatic heterocycles. The van der Waals surface area contributed by atoms with Crippen LogP contribution in [0.15, 0.2) is 54.6 Å². The van der Waals surface area contributed by atoms with E-state index in [-0.39, 0.29) is 23.5 Å². The van der Waals surface area contributed by atoms with Gasteiger partial charge in [0.1, 0.15) is 12.4 Å². The van der Waals surface area contributed by atoms with Crippen LogP contribution in [0.3, 0.4) is 0 Å². The molecule has 1 aliphatic rings. The monoisotopic (exact) mass is 345 g/mol. The van der Waals surface area contributed by atoms with Crippen LogP contribution in [0.4, 0.5) is 0 Å². The third-order valence-electron chi connectivity index (χ3n) is 3.93. The van der Waals surface area contributed by atoms with Crippen molar-refractivity contribution in [2.45, 2.75) is 19.1 Å². The average Bonchev–Trinajstić information content (AvgIpc) is 2.93. The predicted octanol–water partition coefficient (Wildman–Crippen LogP) is 2.18. The first-order valence-corrected chi connectivity index (χ1v) is 9.62. The third kappa shape index (κ3) is 4.35. The van der Waals surface area contributed by atoms with E-state index in [0.29, 0.717) is 18.6 Å². The lowest BCUT2D eigenvalue weighted by molar-refractivity contribution is 0.0941. The maximum Gasteiger partial charge on any atom is 0.251 e. The summed E-state index contributed by atoms with van der Waals surface area (Å²) >= 11 is 0. The molecule has 1 fully saturated rings. The van der Waals surface area contributed by atoms with Crippen LogP contribution in [0.25, 0.3) is 0 Å². The third-order valence-corrected chi connectivity index (χ3v) is 5.70. The minimum atomic E-state index is -2.99. The number of ether oxygens (including phenoxy) is 1. The highest BCUT2D eigenvalue weighted by Crippen LogP contribution is 2.14. The molecule has 0 aromatic heterocycles. The SMILES string of the molecule is O=C(NC1CCS(=O)(=O)C1)c1ccc(COc2ccccc2)cc1. The molecule has 0 radical (unpaired) electrons. The summed E-state index contributed by atoms with van der Waals surface area (Å²) in [6, 6.07) is 16.4. The van der Waals surface area contributed by atoms with Crippen LogP contribution >= 0.6 is 0 Å². The van der Waals surface area contributed by atoms with E-state index in [9.17, 15) is 13.2 Å². The zero-order chi connectivity index (χ0) is 17.0. The van der Waals surface area contributed by atoms with E-state index in [1.54, 1.807) is 12.1 Å². The van der Waals surface area contributed by atoms with E-state index in [1.807, 2.05) is 42.5 Å². The molecule has 0 saturated carbocycles. The van der Waals surface area contributed by atoms with Gasteiger partial charge in [-0.3, -0.25) is 4.79 Å². The second kappa shape index (κ2) is 7.05. The molecule has 6 heteroatoms. The molecule has 1 atom stereocenters. The van der Waals surface area contributed by atoms with Crippen molar-refractivity contribution in [3.63, 3.8) is 0 Å². The molecule has 5 nitrogen and oxygen atoms in total. The maximum atomic E-state index is 12.2. The molecule has 126 valence electrons. The Hall–Kier alpha value is -2.34. The summed E-state index contributed by atoms with van der Waals surface area (Å²) in [5.74, 6) is 0.726. The molecular weight excluding hydrogens is 326 g/mol. The summed E-state index contributed by atoms with van der Waals surface area (Å²) < 4.78 is 28.5. The quantitative estimate of drug-likeness (QED) is 0.901. The van der Waals surface area contributed by atoms with Crippen LogP contribution in [0.1, 0.15) is 22.3 Å². The van der Waals surface area contributed by atoms with Crippen molar-refractivity contribution in [2.24, 2.45) is 0 Å². The summed E-state index contributed by atoms with van der Waals surface area (Å²) in [6.07, 6.45) is 0.483. The van der Waals surface area contributed by atoms with E-state index in [4.69, 9.17) is 4.74 Å². The van der Waals surface area contributed by atoms with Crippen molar-refractivity contribution in [3.8, 4) is 5.75 Å². The largest absolute Gasteiger partial charge is 0.489 e. The van der Waals surface area contributed by atoms with Crippen molar-refractivity contribution in [1.29, 1.82) is 0 Å². The lowest BCUT2D eigenvalue weighted by Gasteiger charge is -2.11. The first-order valence-electron chi connectivity index (χ1n) is 7.80. The zero-order valence-electron chi connectivity index (χ0n) is 13.1. The number of benzene rings is 2. The fraction of sp³-hybridized carbons (Fsp3) is 0.278. The number of carbonyl (C=O) groups excluding carboxylic acids is 1. The fourth-order valence-corrected chi connectivity index (χ4v) is 4.29. The van der Waals surface area contributed by atoms with E-state index in [0.717, 1.165) is 11.3 Å². The number of hydrogen-bond acceptors (Lipinski definition) is 4. The second-order valence-electron chi connectivity index (χ2n) is 5.87.